The third-order valence-electron chi connectivity index (χ3n) is 5.78. The van der Waals surface area contributed by atoms with Crippen LogP contribution in [0.1, 0.15) is 21.5 Å². The number of nitrogens with one attached hydrogen (secondary N) is 1. The van der Waals surface area contributed by atoms with E-state index in [1.54, 1.807) is 4.90 Å². The molecule has 7 nitrogen and oxygen atoms in total. The van der Waals surface area contributed by atoms with E-state index < -0.39 is 29.8 Å². The molecule has 0 aliphatic carbocycles. The number of nitrogens with zero attached hydrogens (tertiary/aromatic N) is 1. The van der Waals surface area contributed by atoms with Crippen molar-refractivity contribution in [3.8, 4) is 11.3 Å². The summed E-state index contributed by atoms with van der Waals surface area (Å²) in [7, 11) is 2.46. The van der Waals surface area contributed by atoms with Gasteiger partial charge in [0.1, 0.15) is 11.6 Å². The highest BCUT2D eigenvalue weighted by Gasteiger charge is 2.28. The quantitative estimate of drug-likeness (QED) is 0.593. The van der Waals surface area contributed by atoms with E-state index in [0.717, 1.165) is 35.7 Å². The minimum absolute atomic E-state index is 0.214. The number of benzene rings is 2. The number of rotatable bonds is 4. The third-order valence-corrected chi connectivity index (χ3v) is 5.78. The van der Waals surface area contributed by atoms with E-state index in [1.807, 2.05) is 25.1 Å². The molecule has 0 saturated carbocycles. The van der Waals surface area contributed by atoms with Gasteiger partial charge < -0.3 is 24.1 Å². The van der Waals surface area contributed by atoms with Crippen molar-refractivity contribution in [2.75, 3.05) is 33.9 Å². The number of hydrogen-bond donors (Lipinski definition) is 1. The number of ether oxygens (including phenoxy) is 3. The Morgan fingerprint density at radius 3 is 2.55 bits per heavy atom. The van der Waals surface area contributed by atoms with E-state index in [1.165, 1.54) is 7.11 Å². The number of hydrogen-bond acceptors (Lipinski definition) is 5. The van der Waals surface area contributed by atoms with Crippen molar-refractivity contribution in [3.05, 3.63) is 58.7 Å². The summed E-state index contributed by atoms with van der Waals surface area (Å²) in [6.07, 6.45) is -0.533. The molecule has 3 aromatic rings. The highest BCUT2D eigenvalue weighted by Crippen LogP contribution is 2.36. The fraction of sp³-hybridized carbons (Fsp3) is 0.333. The number of carbonyl (C=O) groups excluding carboxylic acids is 2. The molecule has 0 unspecified atom stereocenters. The molecule has 1 aliphatic heterocycles. The number of halogens is 2. The van der Waals surface area contributed by atoms with E-state index >= 15 is 8.78 Å². The minimum atomic E-state index is -0.888. The zero-order valence-corrected chi connectivity index (χ0v) is 18.5. The van der Waals surface area contributed by atoms with Gasteiger partial charge in [-0.3, -0.25) is 0 Å². The van der Waals surface area contributed by atoms with Crippen molar-refractivity contribution in [1.82, 2.24) is 9.88 Å². The fourth-order valence-corrected chi connectivity index (χ4v) is 4.21. The molecule has 1 fully saturated rings. The van der Waals surface area contributed by atoms with Crippen LogP contribution in [0.2, 0.25) is 0 Å². The van der Waals surface area contributed by atoms with Crippen molar-refractivity contribution < 1.29 is 32.6 Å². The first-order valence-electron chi connectivity index (χ1n) is 10.5. The Kier molecular flexibility index (Phi) is 6.33. The van der Waals surface area contributed by atoms with Crippen LogP contribution >= 0.6 is 0 Å². The molecule has 1 atom stereocenters. The monoisotopic (exact) mass is 458 g/mol. The molecule has 1 aliphatic rings. The van der Waals surface area contributed by atoms with E-state index in [9.17, 15) is 9.59 Å². The second kappa shape index (κ2) is 9.19. The maximum atomic E-state index is 15.1. The first-order chi connectivity index (χ1) is 15.8. The molecular weight excluding hydrogens is 434 g/mol. The number of aromatic nitrogens is 1. The van der Waals surface area contributed by atoms with E-state index in [0.29, 0.717) is 25.1 Å². The van der Waals surface area contributed by atoms with Gasteiger partial charge >= 0.3 is 12.1 Å². The highest BCUT2D eigenvalue weighted by atomic mass is 19.1. The summed E-state index contributed by atoms with van der Waals surface area (Å²) < 4.78 is 45.4. The first kappa shape index (κ1) is 22.7. The van der Waals surface area contributed by atoms with Crippen LogP contribution in [0.15, 0.2) is 30.3 Å². The van der Waals surface area contributed by atoms with Gasteiger partial charge in [-0.2, -0.15) is 0 Å². The summed E-state index contributed by atoms with van der Waals surface area (Å²) in [5.74, 6) is -2.60. The lowest BCUT2D eigenvalue weighted by Gasteiger charge is -2.32. The minimum Gasteiger partial charge on any atom is -0.465 e. The van der Waals surface area contributed by atoms with Gasteiger partial charge in [-0.25, -0.2) is 18.4 Å². The Bertz CT molecular complexity index is 1200. The van der Waals surface area contributed by atoms with E-state index in [4.69, 9.17) is 9.47 Å². The van der Waals surface area contributed by atoms with Crippen molar-refractivity contribution >= 4 is 23.0 Å². The number of methoxy groups -OCH3 is 2. The van der Waals surface area contributed by atoms with Crippen LogP contribution < -0.4 is 0 Å². The van der Waals surface area contributed by atoms with Crippen LogP contribution in [0.4, 0.5) is 13.6 Å². The molecule has 2 heterocycles. The summed E-state index contributed by atoms with van der Waals surface area (Å²) in [5.41, 5.74) is 2.14. The molecular formula is C24H24F2N2O5. The van der Waals surface area contributed by atoms with Gasteiger partial charge in [-0.1, -0.05) is 12.1 Å². The van der Waals surface area contributed by atoms with E-state index in [2.05, 4.69) is 9.72 Å². The molecule has 1 N–H and O–H groups in total. The summed E-state index contributed by atoms with van der Waals surface area (Å²) in [5, 5.41) is 0.797. The number of fused-ring (bicyclic) bond motifs is 1. The molecule has 1 amide bonds. The van der Waals surface area contributed by atoms with Gasteiger partial charge in [0.2, 0.25) is 0 Å². The lowest BCUT2D eigenvalue weighted by atomic mass is 9.97. The first-order valence-corrected chi connectivity index (χ1v) is 10.5. The second-order valence-corrected chi connectivity index (χ2v) is 7.95. The van der Waals surface area contributed by atoms with Crippen molar-refractivity contribution in [3.63, 3.8) is 0 Å². The molecule has 174 valence electrons. The zero-order valence-electron chi connectivity index (χ0n) is 18.5. The van der Waals surface area contributed by atoms with Gasteiger partial charge in [0.05, 0.1) is 50.3 Å². The van der Waals surface area contributed by atoms with Crippen LogP contribution in [0, 0.1) is 18.6 Å². The molecule has 0 spiro atoms. The molecule has 33 heavy (non-hydrogen) atoms. The van der Waals surface area contributed by atoms with Crippen LogP contribution in [-0.4, -0.2) is 62.0 Å². The largest absolute Gasteiger partial charge is 0.465 e. The second-order valence-electron chi connectivity index (χ2n) is 7.95. The lowest BCUT2D eigenvalue weighted by Crippen LogP contribution is -2.46. The van der Waals surface area contributed by atoms with Crippen LogP contribution in [0.3, 0.4) is 0 Å². The molecule has 1 saturated heterocycles. The maximum Gasteiger partial charge on any atom is 0.409 e. The Labute approximate surface area is 189 Å². The summed E-state index contributed by atoms with van der Waals surface area (Å²) in [4.78, 5) is 28.4. The third kappa shape index (κ3) is 4.41. The average Bonchev–Trinajstić information content (AvgIpc) is 3.14. The van der Waals surface area contributed by atoms with Crippen LogP contribution in [-0.2, 0) is 20.6 Å². The normalized spacial score (nSPS) is 16.2. The Morgan fingerprint density at radius 2 is 1.88 bits per heavy atom. The predicted molar refractivity (Wildman–Crippen MR) is 117 cm³/mol. The Hall–Kier alpha value is -3.46. The average molecular weight is 458 g/mol. The van der Waals surface area contributed by atoms with E-state index in [-0.39, 0.29) is 23.4 Å². The van der Waals surface area contributed by atoms with Gasteiger partial charge in [0.25, 0.3) is 0 Å². The molecule has 0 bridgehead atoms. The summed E-state index contributed by atoms with van der Waals surface area (Å²) in [6, 6.07) is 7.61. The predicted octanol–water partition coefficient (Wildman–Crippen LogP) is 4.22. The number of esters is 1. The van der Waals surface area contributed by atoms with Crippen molar-refractivity contribution in [2.45, 2.75) is 19.4 Å². The maximum absolute atomic E-state index is 15.1. The lowest BCUT2D eigenvalue weighted by molar-refractivity contribution is -0.0235. The molecule has 2 aromatic carbocycles. The van der Waals surface area contributed by atoms with Gasteiger partial charge in [0, 0.05) is 23.9 Å². The molecule has 0 radical (unpaired) electrons. The van der Waals surface area contributed by atoms with Crippen molar-refractivity contribution in [2.24, 2.45) is 0 Å². The van der Waals surface area contributed by atoms with Gasteiger partial charge in [0.15, 0.2) is 0 Å². The van der Waals surface area contributed by atoms with Gasteiger partial charge in [-0.15, -0.1) is 0 Å². The number of amides is 1. The highest BCUT2D eigenvalue weighted by molar-refractivity contribution is 5.93. The zero-order chi connectivity index (χ0) is 23.7. The van der Waals surface area contributed by atoms with Crippen molar-refractivity contribution in [1.29, 1.82) is 0 Å². The molecule has 1 aromatic heterocycles. The number of aromatic amines is 1. The summed E-state index contributed by atoms with van der Waals surface area (Å²) in [6.45, 7) is 2.94. The smallest absolute Gasteiger partial charge is 0.409 e. The Balaban J connectivity index is 1.79. The number of H-pyrrole nitrogens is 1. The standard InChI is InChI=1S/C24H24F2N2O5/c1-13-4-5-16-17(11-15-12-28(6-7-33-15)24(30)32-3)22(27-20(16)8-13)21-18(25)9-14(10-19(21)26)23(29)31-2/h4-5,8-10,15,27H,6-7,11-12H2,1-3H3/t15-/m0/s1. The topological polar surface area (TPSA) is 80.9 Å². The Morgan fingerprint density at radius 1 is 1.15 bits per heavy atom. The summed E-state index contributed by atoms with van der Waals surface area (Å²) >= 11 is 0. The van der Waals surface area contributed by atoms with Crippen LogP contribution in [0.25, 0.3) is 22.2 Å². The van der Waals surface area contributed by atoms with Crippen LogP contribution in [0.5, 0.6) is 0 Å². The fourth-order valence-electron chi connectivity index (χ4n) is 4.21. The number of carbonyl (C=O) groups is 2. The van der Waals surface area contributed by atoms with Gasteiger partial charge in [-0.05, 0) is 36.2 Å². The number of morpholine rings is 1. The molecule has 9 heteroatoms. The SMILES string of the molecule is COC(=O)c1cc(F)c(-c2[nH]c3cc(C)ccc3c2C[C@H]2CN(C(=O)OC)CCO2)c(F)c1. The molecule has 4 rings (SSSR count). The number of aryl methyl sites for hydroxylation is 1.